The van der Waals surface area contributed by atoms with Crippen molar-refractivity contribution in [2.75, 3.05) is 5.32 Å². The van der Waals surface area contributed by atoms with Crippen molar-refractivity contribution >= 4 is 39.1 Å². The summed E-state index contributed by atoms with van der Waals surface area (Å²) in [6.07, 6.45) is 0. The van der Waals surface area contributed by atoms with Crippen molar-refractivity contribution in [1.29, 1.82) is 10.7 Å². The minimum absolute atomic E-state index is 0.176. The van der Waals surface area contributed by atoms with Gasteiger partial charge in [-0.1, -0.05) is 36.4 Å². The zero-order valence-electron chi connectivity index (χ0n) is 17.3. The predicted molar refractivity (Wildman–Crippen MR) is 124 cm³/mol. The number of para-hydroxylation sites is 1. The van der Waals surface area contributed by atoms with Crippen molar-refractivity contribution in [2.45, 2.75) is 19.8 Å². The molecule has 2 heterocycles. The Morgan fingerprint density at radius 2 is 1.97 bits per heavy atom. The van der Waals surface area contributed by atoms with Crippen molar-refractivity contribution in [3.8, 4) is 17.4 Å². The van der Waals surface area contributed by atoms with Gasteiger partial charge in [-0.15, -0.1) is 11.3 Å². The number of hydrogen-bond acceptors (Lipinski definition) is 7. The molecule has 0 aliphatic carbocycles. The molecule has 7 nitrogen and oxygen atoms in total. The molecule has 0 fully saturated rings. The number of rotatable bonds is 5. The summed E-state index contributed by atoms with van der Waals surface area (Å²) in [5.74, 6) is -0.829. The summed E-state index contributed by atoms with van der Waals surface area (Å²) < 4.78 is 6.09. The molecule has 8 heteroatoms. The molecule has 0 saturated carbocycles. The number of fused-ring (bicyclic) bond motifs is 1. The molecule has 0 saturated heterocycles. The van der Waals surface area contributed by atoms with Crippen LogP contribution in [0.2, 0.25) is 0 Å². The van der Waals surface area contributed by atoms with Crippen molar-refractivity contribution < 1.29 is 9.21 Å². The highest BCUT2D eigenvalue weighted by Crippen LogP contribution is 2.28. The molecule has 0 aliphatic rings. The van der Waals surface area contributed by atoms with Gasteiger partial charge in [-0.25, -0.2) is 4.98 Å². The number of thiazole rings is 1. The molecule has 0 spiro atoms. The minimum atomic E-state index is -0.760. The summed E-state index contributed by atoms with van der Waals surface area (Å²) >= 11 is 1.16. The fourth-order valence-electron chi connectivity index (χ4n) is 3.38. The Balaban J connectivity index is 1.75. The van der Waals surface area contributed by atoms with E-state index in [-0.39, 0.29) is 22.3 Å². The van der Waals surface area contributed by atoms with E-state index >= 15 is 0 Å². The van der Waals surface area contributed by atoms with Gasteiger partial charge >= 0.3 is 0 Å². The van der Waals surface area contributed by atoms with Crippen LogP contribution >= 0.6 is 11.3 Å². The Bertz CT molecular complexity index is 1450. The van der Waals surface area contributed by atoms with E-state index in [2.05, 4.69) is 10.3 Å². The molecular formula is C24H18N4O3S. The number of nitrogens with zero attached hydrogens (tertiary/aromatic N) is 2. The number of hydrogen-bond donors (Lipinski definition) is 2. The molecule has 2 N–H and O–H groups in total. The topological polar surface area (TPSA) is 120 Å². The number of nitriles is 1. The highest BCUT2D eigenvalue weighted by molar-refractivity contribution is 7.14. The van der Waals surface area contributed by atoms with E-state index in [0.29, 0.717) is 27.5 Å². The second-order valence-electron chi connectivity index (χ2n) is 7.21. The van der Waals surface area contributed by atoms with Crippen molar-refractivity contribution in [3.05, 3.63) is 81.0 Å². The van der Waals surface area contributed by atoms with Crippen LogP contribution in [0.3, 0.4) is 0 Å². The Morgan fingerprint density at radius 1 is 1.22 bits per heavy atom. The van der Waals surface area contributed by atoms with Crippen LogP contribution in [-0.4, -0.2) is 16.6 Å². The fourth-order valence-corrected chi connectivity index (χ4v) is 4.11. The maximum absolute atomic E-state index is 13.0. The number of aromatic nitrogens is 1. The van der Waals surface area contributed by atoms with E-state index in [4.69, 9.17) is 9.83 Å². The van der Waals surface area contributed by atoms with Gasteiger partial charge in [0.1, 0.15) is 11.7 Å². The third kappa shape index (κ3) is 3.82. The second-order valence-corrected chi connectivity index (χ2v) is 8.07. The highest BCUT2D eigenvalue weighted by Gasteiger charge is 2.21. The minimum Gasteiger partial charge on any atom is -0.455 e. The summed E-state index contributed by atoms with van der Waals surface area (Å²) in [4.78, 5) is 30.3. The molecule has 2 aromatic heterocycles. The van der Waals surface area contributed by atoms with Gasteiger partial charge in [0.05, 0.1) is 22.7 Å². The highest BCUT2D eigenvalue weighted by atomic mass is 32.1. The smallest absolute Gasteiger partial charge is 0.261 e. The summed E-state index contributed by atoms with van der Waals surface area (Å²) in [6, 6.07) is 16.1. The molecule has 1 atom stereocenters. The molecule has 158 valence electrons. The van der Waals surface area contributed by atoms with Gasteiger partial charge in [0.2, 0.25) is 0 Å². The third-order valence-corrected chi connectivity index (χ3v) is 5.80. The number of amides is 1. The fraction of sp³-hybridized carbons (Fsp3) is 0.125. The Morgan fingerprint density at radius 3 is 2.66 bits per heavy atom. The summed E-state index contributed by atoms with van der Waals surface area (Å²) in [6.45, 7) is 3.24. The first-order valence-corrected chi connectivity index (χ1v) is 10.6. The van der Waals surface area contributed by atoms with E-state index in [1.165, 1.54) is 6.92 Å². The van der Waals surface area contributed by atoms with Gasteiger partial charge in [0.15, 0.2) is 16.1 Å². The van der Waals surface area contributed by atoms with Gasteiger partial charge in [0.25, 0.3) is 5.91 Å². The number of nitrogens with one attached hydrogen (secondary N) is 2. The Labute approximate surface area is 187 Å². The van der Waals surface area contributed by atoms with E-state index in [1.807, 2.05) is 36.4 Å². The molecule has 0 aliphatic heterocycles. The normalized spacial score (nSPS) is 11.7. The first-order valence-electron chi connectivity index (χ1n) is 9.74. The van der Waals surface area contributed by atoms with Crippen molar-refractivity contribution in [2.24, 2.45) is 0 Å². The molecule has 4 rings (SSSR count). The van der Waals surface area contributed by atoms with Gasteiger partial charge in [-0.05, 0) is 26.0 Å². The van der Waals surface area contributed by atoms with Gasteiger partial charge in [-0.3, -0.25) is 14.9 Å². The lowest BCUT2D eigenvalue weighted by molar-refractivity contribution is 0.102. The largest absolute Gasteiger partial charge is 0.455 e. The van der Waals surface area contributed by atoms with E-state index in [1.54, 1.807) is 30.5 Å². The van der Waals surface area contributed by atoms with Crippen LogP contribution in [-0.2, 0) is 0 Å². The Kier molecular flexibility index (Phi) is 5.67. The second kappa shape index (κ2) is 8.57. The van der Waals surface area contributed by atoms with Crippen LogP contribution < -0.4 is 10.7 Å². The number of carbonyl (C=O) groups is 1. The number of benzene rings is 2. The van der Waals surface area contributed by atoms with Crippen LogP contribution in [0, 0.1) is 23.7 Å². The molecule has 1 unspecified atom stereocenters. The van der Waals surface area contributed by atoms with E-state index < -0.39 is 11.8 Å². The van der Waals surface area contributed by atoms with Crippen molar-refractivity contribution in [1.82, 2.24) is 4.98 Å². The molecule has 2 aromatic carbocycles. The average Bonchev–Trinajstić information content (AvgIpc) is 3.24. The van der Waals surface area contributed by atoms with E-state index in [0.717, 1.165) is 16.9 Å². The first-order chi connectivity index (χ1) is 15.4. The number of carbonyl (C=O) groups excluding carboxylic acids is 1. The summed E-state index contributed by atoms with van der Waals surface area (Å²) in [5.41, 5.74) is 2.00. The third-order valence-electron chi connectivity index (χ3n) is 5.03. The molecule has 0 bridgehead atoms. The van der Waals surface area contributed by atoms with Crippen LogP contribution in [0.1, 0.15) is 34.5 Å². The average molecular weight is 443 g/mol. The van der Waals surface area contributed by atoms with E-state index in [9.17, 15) is 14.9 Å². The molecule has 1 amide bonds. The molecule has 0 radical (unpaired) electrons. The maximum Gasteiger partial charge on any atom is 0.261 e. The maximum atomic E-state index is 13.0. The van der Waals surface area contributed by atoms with Gasteiger partial charge in [-0.2, -0.15) is 5.26 Å². The molecule has 32 heavy (non-hydrogen) atoms. The monoisotopic (exact) mass is 442 g/mol. The number of anilines is 1. The lowest BCUT2D eigenvalue weighted by Crippen LogP contribution is -2.15. The molecule has 4 aromatic rings. The molecular weight excluding hydrogens is 424 g/mol. The summed E-state index contributed by atoms with van der Waals surface area (Å²) in [5, 5.41) is 21.9. The SMILES string of the molecule is CC(=N)C(C#N)c1csc(NC(=O)c2cccc3c(=O)c(C)c(-c4ccccc4)oc23)n1. The summed E-state index contributed by atoms with van der Waals surface area (Å²) in [7, 11) is 0. The lowest BCUT2D eigenvalue weighted by Gasteiger charge is -2.10. The first kappa shape index (κ1) is 21.2. The van der Waals surface area contributed by atoms with Crippen molar-refractivity contribution in [3.63, 3.8) is 0 Å². The quantitative estimate of drug-likeness (QED) is 0.416. The zero-order chi connectivity index (χ0) is 22.8. The van der Waals surface area contributed by atoms with Crippen LogP contribution in [0.5, 0.6) is 0 Å². The lowest BCUT2D eigenvalue weighted by atomic mass is 10.0. The zero-order valence-corrected chi connectivity index (χ0v) is 18.1. The van der Waals surface area contributed by atoms with Crippen LogP contribution in [0.15, 0.2) is 63.1 Å². The van der Waals surface area contributed by atoms with Crippen LogP contribution in [0.4, 0.5) is 5.13 Å². The Hall–Kier alpha value is -4.09. The van der Waals surface area contributed by atoms with Gasteiger partial charge in [0, 0.05) is 22.2 Å². The standard InChI is InChI=1S/C24H18N4O3S/c1-13-20(29)16-9-6-10-17(22(16)31-21(13)15-7-4-3-5-8-15)23(30)28-24-27-19(12-32-24)18(11-25)14(2)26/h3-10,12,18,26H,1-2H3,(H,27,28,30). The predicted octanol–water partition coefficient (Wildman–Crippen LogP) is 5.12. The van der Waals surface area contributed by atoms with Gasteiger partial charge < -0.3 is 9.83 Å². The van der Waals surface area contributed by atoms with Crippen LogP contribution in [0.25, 0.3) is 22.3 Å².